The van der Waals surface area contributed by atoms with Gasteiger partial charge in [0.05, 0.1) is 16.5 Å². The van der Waals surface area contributed by atoms with Gasteiger partial charge in [-0.1, -0.05) is 53.5 Å². The van der Waals surface area contributed by atoms with Crippen LogP contribution in [0.2, 0.25) is 16.6 Å². The van der Waals surface area contributed by atoms with Crippen molar-refractivity contribution in [3.63, 3.8) is 0 Å². The summed E-state index contributed by atoms with van der Waals surface area (Å²) in [5.74, 6) is 2.53. The second kappa shape index (κ2) is 17.8. The summed E-state index contributed by atoms with van der Waals surface area (Å²) in [7, 11) is -0.835. The Kier molecular flexibility index (Phi) is 13.1. The van der Waals surface area contributed by atoms with Crippen molar-refractivity contribution in [3.8, 4) is 34.5 Å². The molecule has 1 amide bonds. The number of carbonyl (C=O) groups excluding carboxylic acids is 1. The molecule has 11 nitrogen and oxygen atoms in total. The number of halogens is 3. The highest BCUT2D eigenvalue weighted by atomic mass is 28.3. The van der Waals surface area contributed by atoms with Gasteiger partial charge in [0.1, 0.15) is 49.2 Å². The second-order valence-corrected chi connectivity index (χ2v) is 24.6. The highest BCUT2D eigenvalue weighted by Gasteiger charge is 2.49. The van der Waals surface area contributed by atoms with Crippen LogP contribution in [0.5, 0.6) is 11.8 Å². The zero-order valence-electron chi connectivity index (χ0n) is 37.8. The molecule has 0 radical (unpaired) electrons. The molecular formula is C47H61F3N6O5Si. The third-order valence-corrected chi connectivity index (χ3v) is 19.2. The lowest BCUT2D eigenvalue weighted by atomic mass is 9.95. The summed E-state index contributed by atoms with van der Waals surface area (Å²) in [5.41, 5.74) is 3.39. The first-order chi connectivity index (χ1) is 29.4. The van der Waals surface area contributed by atoms with E-state index in [4.69, 9.17) is 28.9 Å². The lowest BCUT2D eigenvalue weighted by Crippen LogP contribution is -2.52. The van der Waals surface area contributed by atoms with Crippen molar-refractivity contribution >= 4 is 41.7 Å². The van der Waals surface area contributed by atoms with Crippen LogP contribution in [0.15, 0.2) is 30.5 Å². The van der Waals surface area contributed by atoms with Crippen molar-refractivity contribution in [3.05, 3.63) is 47.7 Å². The molecule has 2 aromatic heterocycles. The predicted octanol–water partition coefficient (Wildman–Crippen LogP) is 10.4. The number of anilines is 1. The Labute approximate surface area is 364 Å². The molecule has 62 heavy (non-hydrogen) atoms. The van der Waals surface area contributed by atoms with Gasteiger partial charge in [-0.05, 0) is 93.2 Å². The number of pyridine rings is 1. The quantitative estimate of drug-likeness (QED) is 0.0822. The molecule has 3 fully saturated rings. The first-order valence-corrected chi connectivity index (χ1v) is 24.2. The predicted molar refractivity (Wildman–Crippen MR) is 239 cm³/mol. The maximum atomic E-state index is 17.8. The summed E-state index contributed by atoms with van der Waals surface area (Å²) >= 11 is 0. The summed E-state index contributed by atoms with van der Waals surface area (Å²) in [6.45, 7) is 20.4. The number of hydrogen-bond acceptors (Lipinski definition) is 10. The Balaban J connectivity index is 1.45. The van der Waals surface area contributed by atoms with Gasteiger partial charge in [-0.25, -0.2) is 23.0 Å². The number of benzene rings is 2. The SMILES string of the molecule is COCOc1cc(-c2ncc3c(N4CCCCN4C(=O)OC(C)(C)C)nc(OC[C@@]45CCCN4C[C@H](F)C5)nc3c2F)c2c(C#C[Si](C(C)C)(C(C)C)C(C)C)c(F)ccc2c1. The van der Waals surface area contributed by atoms with E-state index >= 15 is 8.78 Å². The fourth-order valence-corrected chi connectivity index (χ4v) is 15.4. The average Bonchev–Trinajstić information content (AvgIpc) is 3.74. The van der Waals surface area contributed by atoms with Gasteiger partial charge in [0.2, 0.25) is 0 Å². The minimum Gasteiger partial charge on any atom is -0.468 e. The van der Waals surface area contributed by atoms with Crippen LogP contribution in [-0.2, 0) is 9.47 Å². The number of alkyl halides is 1. The zero-order valence-corrected chi connectivity index (χ0v) is 38.8. The van der Waals surface area contributed by atoms with Gasteiger partial charge >= 0.3 is 12.1 Å². The molecule has 3 aliphatic rings. The third-order valence-electron chi connectivity index (χ3n) is 12.9. The number of hydrazine groups is 1. The summed E-state index contributed by atoms with van der Waals surface area (Å²) in [6.07, 6.45) is 3.33. The van der Waals surface area contributed by atoms with E-state index in [-0.39, 0.29) is 53.0 Å². The largest absolute Gasteiger partial charge is 0.468 e. The molecule has 0 aliphatic carbocycles. The van der Waals surface area contributed by atoms with Crippen LogP contribution in [0.4, 0.5) is 23.8 Å². The Morgan fingerprint density at radius 3 is 2.40 bits per heavy atom. The number of aromatic nitrogens is 3. The van der Waals surface area contributed by atoms with Crippen LogP contribution in [0.1, 0.15) is 100.0 Å². The number of ether oxygens (including phenoxy) is 4. The molecule has 5 heterocycles. The molecule has 2 aromatic carbocycles. The molecule has 0 bridgehead atoms. The van der Waals surface area contributed by atoms with Gasteiger partial charge in [-0.3, -0.25) is 14.9 Å². The Bertz CT molecular complexity index is 2360. The number of carbonyl (C=O) groups is 1. The smallest absolute Gasteiger partial charge is 0.429 e. The van der Waals surface area contributed by atoms with Crippen LogP contribution < -0.4 is 14.5 Å². The third kappa shape index (κ3) is 8.67. The molecule has 4 aromatic rings. The molecule has 0 unspecified atom stereocenters. The fraction of sp³-hybridized carbons (Fsp3) is 0.574. The number of rotatable bonds is 11. The van der Waals surface area contributed by atoms with Crippen molar-refractivity contribution in [2.75, 3.05) is 51.7 Å². The molecule has 0 N–H and O–H groups in total. The van der Waals surface area contributed by atoms with Crippen LogP contribution >= 0.6 is 0 Å². The van der Waals surface area contributed by atoms with Gasteiger partial charge in [-0.2, -0.15) is 9.97 Å². The maximum absolute atomic E-state index is 17.8. The van der Waals surface area contributed by atoms with Crippen molar-refractivity contribution in [2.45, 2.75) is 128 Å². The number of hydrogen-bond donors (Lipinski definition) is 0. The molecule has 15 heteroatoms. The Morgan fingerprint density at radius 2 is 1.71 bits per heavy atom. The number of fused-ring (bicyclic) bond motifs is 3. The number of methoxy groups -OCH3 is 1. The zero-order chi connectivity index (χ0) is 44.7. The topological polar surface area (TPSA) is 102 Å². The van der Waals surface area contributed by atoms with Crippen LogP contribution in [-0.4, -0.2) is 103 Å². The monoisotopic (exact) mass is 874 g/mol. The van der Waals surface area contributed by atoms with E-state index in [9.17, 15) is 9.18 Å². The first-order valence-electron chi connectivity index (χ1n) is 22.0. The lowest BCUT2D eigenvalue weighted by molar-refractivity contribution is 0.0190. The summed E-state index contributed by atoms with van der Waals surface area (Å²) in [4.78, 5) is 30.1. The molecule has 7 rings (SSSR count). The van der Waals surface area contributed by atoms with Gasteiger partial charge in [0.15, 0.2) is 18.4 Å². The maximum Gasteiger partial charge on any atom is 0.429 e. The molecule has 3 saturated heterocycles. The normalized spacial score (nSPS) is 19.8. The first kappa shape index (κ1) is 45.4. The number of amides is 1. The minimum absolute atomic E-state index is 0.0823. The average molecular weight is 875 g/mol. The molecule has 0 saturated carbocycles. The summed E-state index contributed by atoms with van der Waals surface area (Å²) < 4.78 is 72.3. The molecule has 0 spiro atoms. The van der Waals surface area contributed by atoms with Crippen LogP contribution in [0.3, 0.4) is 0 Å². The van der Waals surface area contributed by atoms with E-state index in [1.807, 2.05) is 0 Å². The van der Waals surface area contributed by atoms with Gasteiger partial charge < -0.3 is 18.9 Å². The lowest BCUT2D eigenvalue weighted by Gasteiger charge is -2.40. The van der Waals surface area contributed by atoms with Crippen molar-refractivity contribution in [1.82, 2.24) is 24.9 Å². The van der Waals surface area contributed by atoms with Crippen molar-refractivity contribution in [1.29, 1.82) is 0 Å². The van der Waals surface area contributed by atoms with E-state index < -0.39 is 43.1 Å². The fourth-order valence-electron chi connectivity index (χ4n) is 10.1. The second-order valence-electron chi connectivity index (χ2n) is 19.0. The highest BCUT2D eigenvalue weighted by molar-refractivity contribution is 6.90. The summed E-state index contributed by atoms with van der Waals surface area (Å²) in [6, 6.07) is 6.25. The van der Waals surface area contributed by atoms with Gasteiger partial charge in [-0.15, -0.1) is 5.54 Å². The van der Waals surface area contributed by atoms with E-state index in [1.165, 1.54) is 24.4 Å². The molecule has 334 valence electrons. The van der Waals surface area contributed by atoms with E-state index in [2.05, 4.69) is 62.9 Å². The highest BCUT2D eigenvalue weighted by Crippen LogP contribution is 2.44. The number of nitrogens with zero attached hydrogens (tertiary/aromatic N) is 6. The molecule has 2 atom stereocenters. The standard InChI is InChI=1S/C47H61F3N6O5Si/c1-29(2)62(30(3)4,31(5)6)21-16-35-38(49)15-14-32-22-34(60-28-58-10)23-36(39(32)35)41-40(50)42-37(25-51-41)43(55-19-11-12-20-56(55)45(57)61-46(7,8)9)53-44(52-42)59-27-47-17-13-18-54(47)26-33(48)24-47/h14-15,22-23,25,29-31,33H,11-13,17-20,24,26-28H2,1-10H3/t33-,47+/m1/s1. The van der Waals surface area contributed by atoms with Crippen LogP contribution in [0.25, 0.3) is 32.9 Å². The van der Waals surface area contributed by atoms with E-state index in [0.29, 0.717) is 65.6 Å². The van der Waals surface area contributed by atoms with Gasteiger partial charge in [0.25, 0.3) is 0 Å². The summed E-state index contributed by atoms with van der Waals surface area (Å²) in [5, 5.41) is 4.33. The van der Waals surface area contributed by atoms with E-state index in [0.717, 1.165) is 25.8 Å². The Morgan fingerprint density at radius 1 is 0.984 bits per heavy atom. The van der Waals surface area contributed by atoms with Crippen molar-refractivity contribution < 1.29 is 36.9 Å². The van der Waals surface area contributed by atoms with Gasteiger partial charge in [0, 0.05) is 50.3 Å². The van der Waals surface area contributed by atoms with Crippen molar-refractivity contribution in [2.24, 2.45) is 0 Å². The van der Waals surface area contributed by atoms with E-state index in [1.54, 1.807) is 44.0 Å². The molecule has 3 aliphatic heterocycles. The minimum atomic E-state index is -2.33. The Hall–Kier alpha value is -4.65. The molecular weight excluding hydrogens is 814 g/mol. The van der Waals surface area contributed by atoms with Crippen LogP contribution in [0, 0.1) is 23.1 Å².